The summed E-state index contributed by atoms with van der Waals surface area (Å²) in [6, 6.07) is 6.75. The van der Waals surface area contributed by atoms with Crippen LogP contribution in [-0.2, 0) is 4.74 Å². The van der Waals surface area contributed by atoms with E-state index >= 15 is 0 Å². The van der Waals surface area contributed by atoms with E-state index in [4.69, 9.17) is 9.72 Å². The maximum atomic E-state index is 14.8. The number of aromatic nitrogens is 3. The smallest absolute Gasteiger partial charge is 0.415 e. The maximum absolute atomic E-state index is 14.8. The molecule has 6 rings (SSSR count). The van der Waals surface area contributed by atoms with Gasteiger partial charge in [-0.2, -0.15) is 5.10 Å². The van der Waals surface area contributed by atoms with Crippen molar-refractivity contribution in [1.29, 1.82) is 0 Å². The van der Waals surface area contributed by atoms with Crippen molar-refractivity contribution < 1.29 is 13.9 Å². The third-order valence-corrected chi connectivity index (χ3v) is 6.46. The third-order valence-electron chi connectivity index (χ3n) is 6.46. The van der Waals surface area contributed by atoms with Crippen LogP contribution in [0, 0.1) is 11.7 Å². The third kappa shape index (κ3) is 3.06. The van der Waals surface area contributed by atoms with Crippen molar-refractivity contribution in [3.8, 4) is 11.1 Å². The van der Waals surface area contributed by atoms with E-state index in [-0.39, 0.29) is 18.0 Å². The number of carbonyl (C=O) groups excluding carboxylic acids is 1. The molecule has 4 heterocycles. The van der Waals surface area contributed by atoms with Crippen LogP contribution in [-0.4, -0.2) is 33.3 Å². The lowest BCUT2D eigenvalue weighted by atomic mass is 9.98. The number of hydrogen-bond acceptors (Lipinski definition) is 7. The van der Waals surface area contributed by atoms with Gasteiger partial charge in [0.15, 0.2) is 5.65 Å². The lowest BCUT2D eigenvalue weighted by Crippen LogP contribution is -2.38. The molecule has 3 aliphatic rings. The van der Waals surface area contributed by atoms with Crippen molar-refractivity contribution >= 4 is 23.2 Å². The predicted molar refractivity (Wildman–Crippen MR) is 116 cm³/mol. The first-order chi connectivity index (χ1) is 15.7. The lowest BCUT2D eigenvalue weighted by Gasteiger charge is -2.25. The fourth-order valence-electron chi connectivity index (χ4n) is 4.85. The molecule has 0 bridgehead atoms. The van der Waals surface area contributed by atoms with Gasteiger partial charge in [-0.1, -0.05) is 18.9 Å². The zero-order valence-corrected chi connectivity index (χ0v) is 17.2. The molecule has 2 aromatic heterocycles. The van der Waals surface area contributed by atoms with E-state index in [1.54, 1.807) is 51.4 Å². The van der Waals surface area contributed by atoms with Crippen LogP contribution in [0.1, 0.15) is 25.7 Å². The number of carbonyl (C=O) groups is 1. The summed E-state index contributed by atoms with van der Waals surface area (Å²) in [5.41, 5.74) is 7.89. The number of fused-ring (bicyclic) bond motifs is 1. The Kier molecular flexibility index (Phi) is 4.46. The Morgan fingerprint density at radius 2 is 2.06 bits per heavy atom. The molecule has 10 heteroatoms. The number of benzene rings is 1. The molecule has 2 aliphatic heterocycles. The lowest BCUT2D eigenvalue weighted by molar-refractivity contribution is 0.176. The van der Waals surface area contributed by atoms with E-state index < -0.39 is 0 Å². The number of nitrogens with one attached hydrogen (secondary N) is 2. The van der Waals surface area contributed by atoms with Gasteiger partial charge in [0.25, 0.3) is 0 Å². The van der Waals surface area contributed by atoms with Crippen LogP contribution >= 0.6 is 0 Å². The number of hydrogen-bond donors (Lipinski definition) is 2. The summed E-state index contributed by atoms with van der Waals surface area (Å²) in [5, 5.41) is 5.91. The molecule has 9 nitrogen and oxygen atoms in total. The van der Waals surface area contributed by atoms with Gasteiger partial charge < -0.3 is 10.2 Å². The van der Waals surface area contributed by atoms with E-state index in [0.29, 0.717) is 40.8 Å². The van der Waals surface area contributed by atoms with Crippen LogP contribution in [0.15, 0.2) is 49.1 Å². The quantitative estimate of drug-likeness (QED) is 0.650. The van der Waals surface area contributed by atoms with E-state index in [0.717, 1.165) is 12.8 Å². The number of cyclic esters (lactones) is 1. The van der Waals surface area contributed by atoms with Gasteiger partial charge in [-0.15, -0.1) is 5.53 Å². The van der Waals surface area contributed by atoms with Crippen LogP contribution in [0.2, 0.25) is 0 Å². The number of hydrazine groups is 2. The molecule has 164 valence electrons. The average molecular weight is 435 g/mol. The SMILES string of the molecule is O=C1OC[C@H](C2CCCC2)N1c1ccn2ncc(-c3ccc(N4C=CNN4)c(F)c3)c2n1. The molecule has 0 unspecified atom stereocenters. The van der Waals surface area contributed by atoms with Gasteiger partial charge in [0.2, 0.25) is 0 Å². The Balaban J connectivity index is 1.37. The largest absolute Gasteiger partial charge is 0.447 e. The number of ether oxygens (including phenoxy) is 1. The number of halogens is 1. The highest BCUT2D eigenvalue weighted by Crippen LogP contribution is 2.36. The Morgan fingerprint density at radius 1 is 1.19 bits per heavy atom. The number of rotatable bonds is 4. The highest BCUT2D eigenvalue weighted by Gasteiger charge is 2.41. The van der Waals surface area contributed by atoms with E-state index in [2.05, 4.69) is 16.1 Å². The van der Waals surface area contributed by atoms with E-state index in [1.807, 2.05) is 6.07 Å². The summed E-state index contributed by atoms with van der Waals surface area (Å²) in [4.78, 5) is 19.0. The molecule has 2 N–H and O–H groups in total. The molecule has 1 atom stereocenters. The second-order valence-corrected chi connectivity index (χ2v) is 8.28. The summed E-state index contributed by atoms with van der Waals surface area (Å²) >= 11 is 0. The molecule has 1 saturated heterocycles. The van der Waals surface area contributed by atoms with Crippen molar-refractivity contribution in [2.45, 2.75) is 31.7 Å². The molecular weight excluding hydrogens is 413 g/mol. The zero-order valence-electron chi connectivity index (χ0n) is 17.2. The molecule has 1 aromatic carbocycles. The second-order valence-electron chi connectivity index (χ2n) is 8.28. The fraction of sp³-hybridized carbons (Fsp3) is 0.318. The first-order valence-electron chi connectivity index (χ1n) is 10.8. The Bertz CT molecular complexity index is 1220. The molecule has 1 saturated carbocycles. The summed E-state index contributed by atoms with van der Waals surface area (Å²) in [7, 11) is 0. The topological polar surface area (TPSA) is 87.0 Å². The summed E-state index contributed by atoms with van der Waals surface area (Å²) < 4.78 is 21.8. The Labute approximate surface area is 183 Å². The molecule has 1 amide bonds. The minimum atomic E-state index is -0.386. The molecular formula is C22H22FN7O2. The monoisotopic (exact) mass is 435 g/mol. The second kappa shape index (κ2) is 7.49. The maximum Gasteiger partial charge on any atom is 0.415 e. The Morgan fingerprint density at radius 3 is 2.84 bits per heavy atom. The first kappa shape index (κ1) is 19.1. The molecule has 1 aliphatic carbocycles. The summed E-state index contributed by atoms with van der Waals surface area (Å²) in [6.07, 6.45) is 11.0. The standard InChI is InChI=1S/C22H22FN7O2/c23-17-11-15(5-6-18(17)28-10-8-24-27-28)16-12-25-29-9-7-20(26-21(16)29)30-19(13-32-22(30)31)14-3-1-2-4-14/h5-12,14,19,24,27H,1-4,13H2/t19-/m1/s1. The van der Waals surface area contributed by atoms with Crippen molar-refractivity contribution in [2.75, 3.05) is 16.5 Å². The molecule has 0 radical (unpaired) electrons. The van der Waals surface area contributed by atoms with Crippen LogP contribution in [0.4, 0.5) is 20.7 Å². The highest BCUT2D eigenvalue weighted by molar-refractivity contribution is 5.90. The van der Waals surface area contributed by atoms with Gasteiger partial charge in [0, 0.05) is 24.2 Å². The van der Waals surface area contributed by atoms with Gasteiger partial charge in [-0.25, -0.2) is 18.7 Å². The summed E-state index contributed by atoms with van der Waals surface area (Å²) in [6.45, 7) is 0.392. The number of anilines is 2. The molecule has 32 heavy (non-hydrogen) atoms. The van der Waals surface area contributed by atoms with Crippen molar-refractivity contribution in [1.82, 2.24) is 25.6 Å². The minimum Gasteiger partial charge on any atom is -0.447 e. The normalized spacial score (nSPS) is 21.0. The fourth-order valence-corrected chi connectivity index (χ4v) is 4.85. The van der Waals surface area contributed by atoms with Gasteiger partial charge in [-0.3, -0.25) is 9.91 Å². The van der Waals surface area contributed by atoms with E-state index in [1.165, 1.54) is 18.9 Å². The minimum absolute atomic E-state index is 0.00215. The van der Waals surface area contributed by atoms with Crippen LogP contribution in [0.5, 0.6) is 0 Å². The number of amides is 1. The van der Waals surface area contributed by atoms with Gasteiger partial charge in [-0.05, 0) is 42.5 Å². The van der Waals surface area contributed by atoms with Crippen molar-refractivity contribution in [2.24, 2.45) is 5.92 Å². The zero-order chi connectivity index (χ0) is 21.7. The van der Waals surface area contributed by atoms with Gasteiger partial charge >= 0.3 is 6.09 Å². The highest BCUT2D eigenvalue weighted by atomic mass is 19.1. The average Bonchev–Trinajstić information content (AvgIpc) is 3.59. The van der Waals surface area contributed by atoms with E-state index in [9.17, 15) is 9.18 Å². The molecule has 0 spiro atoms. The van der Waals surface area contributed by atoms with Crippen LogP contribution < -0.4 is 20.9 Å². The van der Waals surface area contributed by atoms with Crippen LogP contribution in [0.25, 0.3) is 16.8 Å². The number of nitrogens with zero attached hydrogens (tertiary/aromatic N) is 5. The molecule has 3 aromatic rings. The van der Waals surface area contributed by atoms with Crippen LogP contribution in [0.3, 0.4) is 0 Å². The molecule has 2 fully saturated rings. The first-order valence-corrected chi connectivity index (χ1v) is 10.8. The van der Waals surface area contributed by atoms with Crippen molar-refractivity contribution in [3.05, 3.63) is 54.9 Å². The predicted octanol–water partition coefficient (Wildman–Crippen LogP) is 3.35. The van der Waals surface area contributed by atoms with Gasteiger partial charge in [0.1, 0.15) is 18.2 Å². The summed E-state index contributed by atoms with van der Waals surface area (Å²) in [5.74, 6) is 0.574. The van der Waals surface area contributed by atoms with Crippen molar-refractivity contribution in [3.63, 3.8) is 0 Å². The Hall–Kier alpha value is -3.66. The van der Waals surface area contributed by atoms with Gasteiger partial charge in [0.05, 0.1) is 17.9 Å².